The molecule has 0 aliphatic carbocycles. The zero-order valence-corrected chi connectivity index (χ0v) is 9.61. The number of thiophene rings is 1. The van der Waals surface area contributed by atoms with E-state index < -0.39 is 0 Å². The normalized spacial score (nSPS) is 12.8. The van der Waals surface area contributed by atoms with Crippen molar-refractivity contribution in [1.82, 2.24) is 5.32 Å². The van der Waals surface area contributed by atoms with Gasteiger partial charge in [-0.25, -0.2) is 0 Å². The Kier molecular flexibility index (Phi) is 3.90. The summed E-state index contributed by atoms with van der Waals surface area (Å²) in [5, 5.41) is 5.03. The minimum atomic E-state index is -0.323. The van der Waals surface area contributed by atoms with Crippen molar-refractivity contribution < 1.29 is 4.79 Å². The van der Waals surface area contributed by atoms with Gasteiger partial charge in [0, 0.05) is 21.3 Å². The zero-order valence-electron chi connectivity index (χ0n) is 7.21. The van der Waals surface area contributed by atoms with Gasteiger partial charge in [0.05, 0.1) is 6.04 Å². The SMILES string of the molecule is CC(NCc1cc(Br)cs1)C(N)=O. The van der Waals surface area contributed by atoms with Crippen LogP contribution in [-0.2, 0) is 11.3 Å². The minimum absolute atomic E-state index is 0.277. The summed E-state index contributed by atoms with van der Waals surface area (Å²) in [5.41, 5.74) is 5.10. The summed E-state index contributed by atoms with van der Waals surface area (Å²) in [7, 11) is 0. The molecule has 0 aliphatic rings. The van der Waals surface area contributed by atoms with Crippen LogP contribution >= 0.6 is 27.3 Å². The Hall–Kier alpha value is -0.390. The molecule has 0 saturated carbocycles. The van der Waals surface area contributed by atoms with E-state index in [4.69, 9.17) is 5.73 Å². The number of carbonyl (C=O) groups is 1. The Morgan fingerprint density at radius 2 is 2.54 bits per heavy atom. The highest BCUT2D eigenvalue weighted by molar-refractivity contribution is 9.10. The van der Waals surface area contributed by atoms with Gasteiger partial charge < -0.3 is 11.1 Å². The molecule has 1 amide bonds. The Labute approximate surface area is 89.5 Å². The van der Waals surface area contributed by atoms with Gasteiger partial charge in [-0.15, -0.1) is 11.3 Å². The molecule has 0 saturated heterocycles. The Morgan fingerprint density at radius 3 is 3.00 bits per heavy atom. The zero-order chi connectivity index (χ0) is 9.84. The second-order valence-corrected chi connectivity index (χ2v) is 4.65. The molecular weight excluding hydrogens is 252 g/mol. The summed E-state index contributed by atoms with van der Waals surface area (Å²) in [6, 6.07) is 1.74. The van der Waals surface area contributed by atoms with Gasteiger partial charge in [-0.3, -0.25) is 4.79 Å². The maximum Gasteiger partial charge on any atom is 0.234 e. The number of hydrogen-bond acceptors (Lipinski definition) is 3. The maximum absolute atomic E-state index is 10.7. The highest BCUT2D eigenvalue weighted by atomic mass is 79.9. The average Bonchev–Trinajstić information content (AvgIpc) is 2.47. The molecule has 13 heavy (non-hydrogen) atoms. The summed E-state index contributed by atoms with van der Waals surface area (Å²) >= 11 is 5.00. The molecule has 5 heteroatoms. The minimum Gasteiger partial charge on any atom is -0.368 e. The van der Waals surface area contributed by atoms with Gasteiger partial charge in [-0.1, -0.05) is 0 Å². The molecule has 0 aliphatic heterocycles. The molecular formula is C8H11BrN2OS. The standard InChI is InChI=1S/C8H11BrN2OS/c1-5(8(10)12)11-3-7-2-6(9)4-13-7/h2,4-5,11H,3H2,1H3,(H2,10,12). The molecule has 1 atom stereocenters. The number of nitrogens with two attached hydrogens (primary N) is 1. The Morgan fingerprint density at radius 1 is 1.85 bits per heavy atom. The second kappa shape index (κ2) is 4.74. The highest BCUT2D eigenvalue weighted by Crippen LogP contribution is 2.19. The molecule has 3 nitrogen and oxygen atoms in total. The van der Waals surface area contributed by atoms with Crippen molar-refractivity contribution in [1.29, 1.82) is 0 Å². The van der Waals surface area contributed by atoms with Gasteiger partial charge in [0.15, 0.2) is 0 Å². The van der Waals surface area contributed by atoms with E-state index in [2.05, 4.69) is 21.2 Å². The molecule has 1 rings (SSSR count). The fraction of sp³-hybridized carbons (Fsp3) is 0.375. The van der Waals surface area contributed by atoms with Gasteiger partial charge in [0.25, 0.3) is 0 Å². The maximum atomic E-state index is 10.7. The molecule has 1 aromatic rings. The summed E-state index contributed by atoms with van der Waals surface area (Å²) in [6.07, 6.45) is 0. The predicted octanol–water partition coefficient (Wildman–Crippen LogP) is 1.47. The van der Waals surface area contributed by atoms with Crippen LogP contribution in [0, 0.1) is 0 Å². The van der Waals surface area contributed by atoms with Crippen LogP contribution in [0.5, 0.6) is 0 Å². The van der Waals surface area contributed by atoms with Crippen LogP contribution in [0.1, 0.15) is 11.8 Å². The highest BCUT2D eigenvalue weighted by Gasteiger charge is 2.07. The lowest BCUT2D eigenvalue weighted by Gasteiger charge is -2.07. The molecule has 0 fully saturated rings. The summed E-state index contributed by atoms with van der Waals surface area (Å²) in [6.45, 7) is 2.44. The van der Waals surface area contributed by atoms with Crippen LogP contribution in [0.4, 0.5) is 0 Å². The lowest BCUT2D eigenvalue weighted by Crippen LogP contribution is -2.38. The molecule has 0 aromatic carbocycles. The first-order valence-electron chi connectivity index (χ1n) is 3.85. The average molecular weight is 263 g/mol. The third-order valence-electron chi connectivity index (χ3n) is 1.63. The first-order chi connectivity index (χ1) is 6.09. The van der Waals surface area contributed by atoms with Crippen LogP contribution in [0.25, 0.3) is 0 Å². The van der Waals surface area contributed by atoms with Gasteiger partial charge in [0.2, 0.25) is 5.91 Å². The molecule has 1 unspecified atom stereocenters. The van der Waals surface area contributed by atoms with Crippen molar-refractivity contribution >= 4 is 33.2 Å². The quantitative estimate of drug-likeness (QED) is 0.864. The molecule has 72 valence electrons. The Bertz CT molecular complexity index is 300. The van der Waals surface area contributed by atoms with Gasteiger partial charge in [0.1, 0.15) is 0 Å². The number of nitrogens with one attached hydrogen (secondary N) is 1. The number of rotatable bonds is 4. The van der Waals surface area contributed by atoms with E-state index in [0.717, 1.165) is 4.47 Å². The van der Waals surface area contributed by atoms with E-state index in [1.54, 1.807) is 18.3 Å². The first-order valence-corrected chi connectivity index (χ1v) is 5.52. The molecule has 1 heterocycles. The van der Waals surface area contributed by atoms with Crippen molar-refractivity contribution in [3.8, 4) is 0 Å². The molecule has 0 spiro atoms. The molecule has 3 N–H and O–H groups in total. The predicted molar refractivity (Wildman–Crippen MR) is 57.5 cm³/mol. The third kappa shape index (κ3) is 3.46. The van der Waals surface area contributed by atoms with Crippen LogP contribution in [0.2, 0.25) is 0 Å². The van der Waals surface area contributed by atoms with Crippen molar-refractivity contribution in [3.05, 3.63) is 20.8 Å². The smallest absolute Gasteiger partial charge is 0.234 e. The van der Waals surface area contributed by atoms with E-state index in [0.29, 0.717) is 6.54 Å². The van der Waals surface area contributed by atoms with E-state index >= 15 is 0 Å². The molecule has 0 radical (unpaired) electrons. The Balaban J connectivity index is 2.39. The summed E-state index contributed by atoms with van der Waals surface area (Å²) in [5.74, 6) is -0.323. The number of primary amides is 1. The van der Waals surface area contributed by atoms with Crippen LogP contribution in [0.15, 0.2) is 15.9 Å². The van der Waals surface area contributed by atoms with Crippen LogP contribution in [-0.4, -0.2) is 11.9 Å². The van der Waals surface area contributed by atoms with Gasteiger partial charge in [-0.2, -0.15) is 0 Å². The molecule has 1 aromatic heterocycles. The monoisotopic (exact) mass is 262 g/mol. The van der Waals surface area contributed by atoms with E-state index in [1.807, 2.05) is 11.4 Å². The largest absolute Gasteiger partial charge is 0.368 e. The fourth-order valence-corrected chi connectivity index (χ4v) is 2.20. The van der Waals surface area contributed by atoms with Crippen LogP contribution in [0.3, 0.4) is 0 Å². The second-order valence-electron chi connectivity index (χ2n) is 2.74. The van der Waals surface area contributed by atoms with Gasteiger partial charge >= 0.3 is 0 Å². The summed E-state index contributed by atoms with van der Waals surface area (Å²) in [4.78, 5) is 11.9. The van der Waals surface area contributed by atoms with Crippen molar-refractivity contribution in [2.45, 2.75) is 19.5 Å². The molecule has 0 bridgehead atoms. The summed E-state index contributed by atoms with van der Waals surface area (Å²) < 4.78 is 1.07. The van der Waals surface area contributed by atoms with E-state index in [1.165, 1.54) is 4.88 Å². The fourth-order valence-electron chi connectivity index (χ4n) is 0.801. The van der Waals surface area contributed by atoms with Crippen LogP contribution < -0.4 is 11.1 Å². The van der Waals surface area contributed by atoms with E-state index in [-0.39, 0.29) is 11.9 Å². The van der Waals surface area contributed by atoms with Gasteiger partial charge in [-0.05, 0) is 28.9 Å². The third-order valence-corrected chi connectivity index (χ3v) is 3.33. The lowest BCUT2D eigenvalue weighted by atomic mass is 10.3. The van der Waals surface area contributed by atoms with Crippen molar-refractivity contribution in [2.24, 2.45) is 5.73 Å². The number of halogens is 1. The number of carbonyl (C=O) groups excluding carboxylic acids is 1. The first kappa shape index (κ1) is 10.7. The van der Waals surface area contributed by atoms with E-state index in [9.17, 15) is 4.79 Å². The number of amides is 1. The van der Waals surface area contributed by atoms with Crippen molar-refractivity contribution in [2.75, 3.05) is 0 Å². The topological polar surface area (TPSA) is 55.1 Å². The number of hydrogen-bond donors (Lipinski definition) is 2. The lowest BCUT2D eigenvalue weighted by molar-refractivity contribution is -0.119. The van der Waals surface area contributed by atoms with Crippen molar-refractivity contribution in [3.63, 3.8) is 0 Å².